The lowest BCUT2D eigenvalue weighted by molar-refractivity contribution is 0.520. The van der Waals surface area contributed by atoms with E-state index in [4.69, 9.17) is 0 Å². The summed E-state index contributed by atoms with van der Waals surface area (Å²) >= 11 is 0. The van der Waals surface area contributed by atoms with Crippen LogP contribution in [0.4, 0.5) is 5.69 Å². The van der Waals surface area contributed by atoms with Gasteiger partial charge < -0.3 is 5.32 Å². The molecule has 1 aromatic rings. The summed E-state index contributed by atoms with van der Waals surface area (Å²) in [6.45, 7) is 8.91. The van der Waals surface area contributed by atoms with Crippen molar-refractivity contribution < 1.29 is 0 Å². The Morgan fingerprint density at radius 3 is 2.62 bits per heavy atom. The van der Waals surface area contributed by atoms with E-state index in [0.29, 0.717) is 6.04 Å². The number of hydrogen-bond acceptors (Lipinski definition) is 2. The molecule has 0 saturated heterocycles. The molecule has 0 aromatic carbocycles. The highest BCUT2D eigenvalue weighted by molar-refractivity contribution is 5.49. The number of pyridine rings is 1. The minimum atomic E-state index is 0.542. The van der Waals surface area contributed by atoms with Crippen LogP contribution in [0.15, 0.2) is 18.5 Å². The molecule has 2 heteroatoms. The van der Waals surface area contributed by atoms with E-state index in [1.54, 1.807) is 0 Å². The Bertz CT molecular complexity index is 307. The van der Waals surface area contributed by atoms with E-state index in [1.807, 2.05) is 18.5 Å². The van der Waals surface area contributed by atoms with Crippen LogP contribution in [-0.4, -0.2) is 11.0 Å². The first-order chi connectivity index (χ1) is 7.59. The third-order valence-corrected chi connectivity index (χ3v) is 2.84. The Kier molecular flexibility index (Phi) is 5.30. The van der Waals surface area contributed by atoms with Crippen molar-refractivity contribution in [3.05, 3.63) is 24.0 Å². The molecule has 1 N–H and O–H groups in total. The SMILES string of the molecule is Cc1cnccc1NC(C)CCCC(C)C. The zero-order valence-corrected chi connectivity index (χ0v) is 11.0. The Balaban J connectivity index is 2.34. The van der Waals surface area contributed by atoms with Gasteiger partial charge in [0.15, 0.2) is 0 Å². The van der Waals surface area contributed by atoms with Crippen molar-refractivity contribution in [1.82, 2.24) is 4.98 Å². The van der Waals surface area contributed by atoms with E-state index < -0.39 is 0 Å². The number of hydrogen-bond donors (Lipinski definition) is 1. The molecule has 0 spiro atoms. The van der Waals surface area contributed by atoms with Gasteiger partial charge in [-0.25, -0.2) is 0 Å². The molecule has 1 heterocycles. The van der Waals surface area contributed by atoms with E-state index in [2.05, 4.69) is 38.0 Å². The molecule has 1 rings (SSSR count). The number of rotatable bonds is 6. The maximum absolute atomic E-state index is 4.10. The van der Waals surface area contributed by atoms with Gasteiger partial charge >= 0.3 is 0 Å². The smallest absolute Gasteiger partial charge is 0.0402 e. The summed E-state index contributed by atoms with van der Waals surface area (Å²) in [5, 5.41) is 3.54. The number of aromatic nitrogens is 1. The van der Waals surface area contributed by atoms with Crippen molar-refractivity contribution in [1.29, 1.82) is 0 Å². The molecule has 0 amide bonds. The molecular formula is C14H24N2. The van der Waals surface area contributed by atoms with Crippen molar-refractivity contribution in [2.45, 2.75) is 53.0 Å². The van der Waals surface area contributed by atoms with E-state index in [0.717, 1.165) is 5.92 Å². The molecule has 0 bridgehead atoms. The summed E-state index contributed by atoms with van der Waals surface area (Å²) in [6.07, 6.45) is 7.61. The van der Waals surface area contributed by atoms with Crippen molar-refractivity contribution in [3.8, 4) is 0 Å². The Morgan fingerprint density at radius 1 is 1.25 bits per heavy atom. The van der Waals surface area contributed by atoms with Gasteiger partial charge in [-0.15, -0.1) is 0 Å². The number of nitrogens with one attached hydrogen (secondary N) is 1. The topological polar surface area (TPSA) is 24.9 Å². The van der Waals surface area contributed by atoms with E-state index in [-0.39, 0.29) is 0 Å². The molecule has 0 fully saturated rings. The first-order valence-corrected chi connectivity index (χ1v) is 6.26. The van der Waals surface area contributed by atoms with E-state index in [9.17, 15) is 0 Å². The van der Waals surface area contributed by atoms with E-state index in [1.165, 1.54) is 30.5 Å². The molecule has 0 aliphatic heterocycles. The lowest BCUT2D eigenvalue weighted by atomic mass is 10.0. The average Bonchev–Trinajstić information content (AvgIpc) is 2.21. The van der Waals surface area contributed by atoms with Gasteiger partial charge in [-0.3, -0.25) is 4.98 Å². The first-order valence-electron chi connectivity index (χ1n) is 6.26. The molecule has 0 aliphatic carbocycles. The fourth-order valence-corrected chi connectivity index (χ4v) is 1.81. The van der Waals surface area contributed by atoms with Crippen molar-refractivity contribution in [3.63, 3.8) is 0 Å². The van der Waals surface area contributed by atoms with Crippen LogP contribution >= 0.6 is 0 Å². The van der Waals surface area contributed by atoms with Crippen LogP contribution in [0.2, 0.25) is 0 Å². The molecule has 1 atom stereocenters. The summed E-state index contributed by atoms with van der Waals surface area (Å²) in [4.78, 5) is 4.10. The predicted octanol–water partition coefficient (Wildman–Crippen LogP) is 4.02. The fraction of sp³-hybridized carbons (Fsp3) is 0.643. The molecule has 16 heavy (non-hydrogen) atoms. The summed E-state index contributed by atoms with van der Waals surface area (Å²) in [5.74, 6) is 0.815. The molecule has 1 aromatic heterocycles. The zero-order valence-electron chi connectivity index (χ0n) is 11.0. The monoisotopic (exact) mass is 220 g/mol. The highest BCUT2D eigenvalue weighted by atomic mass is 14.9. The molecule has 1 unspecified atom stereocenters. The van der Waals surface area contributed by atoms with Crippen LogP contribution in [-0.2, 0) is 0 Å². The van der Waals surface area contributed by atoms with Gasteiger partial charge in [0.1, 0.15) is 0 Å². The molecule has 0 aliphatic rings. The molecular weight excluding hydrogens is 196 g/mol. The second-order valence-electron chi connectivity index (χ2n) is 5.06. The highest BCUT2D eigenvalue weighted by Crippen LogP contribution is 2.16. The van der Waals surface area contributed by atoms with Gasteiger partial charge in [0.05, 0.1) is 0 Å². The Hall–Kier alpha value is -1.05. The van der Waals surface area contributed by atoms with Gasteiger partial charge in [0, 0.05) is 24.1 Å². The minimum Gasteiger partial charge on any atom is -0.382 e. The Labute approximate surface area is 99.5 Å². The number of nitrogens with zero attached hydrogens (tertiary/aromatic N) is 1. The second kappa shape index (κ2) is 6.51. The molecule has 0 saturated carbocycles. The van der Waals surface area contributed by atoms with Crippen LogP contribution in [0.3, 0.4) is 0 Å². The quantitative estimate of drug-likeness (QED) is 0.783. The van der Waals surface area contributed by atoms with Gasteiger partial charge in [-0.2, -0.15) is 0 Å². The van der Waals surface area contributed by atoms with Gasteiger partial charge in [0.25, 0.3) is 0 Å². The normalized spacial score (nSPS) is 12.8. The minimum absolute atomic E-state index is 0.542. The van der Waals surface area contributed by atoms with Crippen LogP contribution in [0.1, 0.15) is 45.6 Å². The van der Waals surface area contributed by atoms with E-state index >= 15 is 0 Å². The molecule has 0 radical (unpaired) electrons. The fourth-order valence-electron chi connectivity index (χ4n) is 1.81. The van der Waals surface area contributed by atoms with Crippen LogP contribution in [0, 0.1) is 12.8 Å². The standard InChI is InChI=1S/C14H24N2/c1-11(2)6-5-7-13(4)16-14-8-9-15-10-12(14)3/h8-11,13H,5-7H2,1-4H3,(H,15,16). The second-order valence-corrected chi connectivity index (χ2v) is 5.06. The third-order valence-electron chi connectivity index (χ3n) is 2.84. The van der Waals surface area contributed by atoms with Crippen LogP contribution < -0.4 is 5.32 Å². The number of anilines is 1. The predicted molar refractivity (Wildman–Crippen MR) is 70.7 cm³/mol. The Morgan fingerprint density at radius 2 is 2.00 bits per heavy atom. The lowest BCUT2D eigenvalue weighted by Gasteiger charge is -2.17. The first kappa shape index (κ1) is 13.0. The summed E-state index contributed by atoms with van der Waals surface area (Å²) in [6, 6.07) is 2.59. The lowest BCUT2D eigenvalue weighted by Crippen LogP contribution is -2.15. The number of aryl methyl sites for hydroxylation is 1. The molecule has 2 nitrogen and oxygen atoms in total. The van der Waals surface area contributed by atoms with Crippen molar-refractivity contribution in [2.24, 2.45) is 5.92 Å². The highest BCUT2D eigenvalue weighted by Gasteiger charge is 2.04. The van der Waals surface area contributed by atoms with Gasteiger partial charge in [-0.1, -0.05) is 26.7 Å². The maximum atomic E-state index is 4.10. The maximum Gasteiger partial charge on any atom is 0.0402 e. The summed E-state index contributed by atoms with van der Waals surface area (Å²) in [7, 11) is 0. The zero-order chi connectivity index (χ0) is 12.0. The summed E-state index contributed by atoms with van der Waals surface area (Å²) < 4.78 is 0. The van der Waals surface area contributed by atoms with Crippen molar-refractivity contribution in [2.75, 3.05) is 5.32 Å². The van der Waals surface area contributed by atoms with Crippen LogP contribution in [0.5, 0.6) is 0 Å². The van der Waals surface area contributed by atoms with Crippen LogP contribution in [0.25, 0.3) is 0 Å². The largest absolute Gasteiger partial charge is 0.382 e. The third kappa shape index (κ3) is 4.65. The van der Waals surface area contributed by atoms with Crippen molar-refractivity contribution >= 4 is 5.69 Å². The average molecular weight is 220 g/mol. The molecule has 90 valence electrons. The van der Waals surface area contributed by atoms with Gasteiger partial charge in [-0.05, 0) is 37.8 Å². The summed E-state index contributed by atoms with van der Waals surface area (Å²) in [5.41, 5.74) is 2.44. The van der Waals surface area contributed by atoms with Gasteiger partial charge in [0.2, 0.25) is 0 Å².